The molecule has 0 saturated heterocycles. The van der Waals surface area contributed by atoms with Crippen molar-refractivity contribution in [1.82, 2.24) is 5.32 Å². The first kappa shape index (κ1) is 18.5. The SMILES string of the molecule is CC(C)(C)OC(=O)NCC(N)C1c2ccccc2CCc2ccccc21. The van der Waals surface area contributed by atoms with E-state index in [4.69, 9.17) is 10.5 Å². The number of hydrogen-bond donors (Lipinski definition) is 2. The number of carbonyl (C=O) groups excluding carboxylic acids is 1. The van der Waals surface area contributed by atoms with E-state index in [0.717, 1.165) is 12.8 Å². The lowest BCUT2D eigenvalue weighted by molar-refractivity contribution is 0.0523. The van der Waals surface area contributed by atoms with E-state index >= 15 is 0 Å². The van der Waals surface area contributed by atoms with Crippen molar-refractivity contribution in [1.29, 1.82) is 0 Å². The number of amides is 1. The Morgan fingerprint density at radius 3 is 2.08 bits per heavy atom. The summed E-state index contributed by atoms with van der Waals surface area (Å²) in [4.78, 5) is 12.0. The van der Waals surface area contributed by atoms with Crippen LogP contribution < -0.4 is 11.1 Å². The summed E-state index contributed by atoms with van der Waals surface area (Å²) in [6, 6.07) is 16.7. The summed E-state index contributed by atoms with van der Waals surface area (Å²) in [6.07, 6.45) is 1.59. The summed E-state index contributed by atoms with van der Waals surface area (Å²) < 4.78 is 5.33. The third-order valence-corrected chi connectivity index (χ3v) is 4.75. The zero-order valence-electron chi connectivity index (χ0n) is 15.8. The van der Waals surface area contributed by atoms with Gasteiger partial charge in [0, 0.05) is 18.5 Å². The first-order valence-corrected chi connectivity index (χ1v) is 9.23. The van der Waals surface area contributed by atoms with Crippen molar-refractivity contribution >= 4 is 6.09 Å². The van der Waals surface area contributed by atoms with Crippen LogP contribution in [0.3, 0.4) is 0 Å². The van der Waals surface area contributed by atoms with Crippen molar-refractivity contribution in [2.24, 2.45) is 5.73 Å². The monoisotopic (exact) mass is 352 g/mol. The number of hydrogen-bond acceptors (Lipinski definition) is 3. The predicted molar refractivity (Wildman–Crippen MR) is 104 cm³/mol. The molecular weight excluding hydrogens is 324 g/mol. The smallest absolute Gasteiger partial charge is 0.407 e. The lowest BCUT2D eigenvalue weighted by Crippen LogP contribution is -2.43. The Morgan fingerprint density at radius 2 is 1.58 bits per heavy atom. The number of ether oxygens (including phenoxy) is 1. The molecule has 1 amide bonds. The normalized spacial score (nSPS) is 15.4. The summed E-state index contributed by atoms with van der Waals surface area (Å²) in [5.41, 5.74) is 11.3. The molecule has 1 atom stereocenters. The number of carbonyl (C=O) groups is 1. The molecule has 4 heteroatoms. The zero-order valence-corrected chi connectivity index (χ0v) is 15.8. The molecule has 2 aromatic carbocycles. The Labute approximate surface area is 155 Å². The Kier molecular flexibility index (Phi) is 5.33. The van der Waals surface area contributed by atoms with Crippen molar-refractivity contribution in [3.8, 4) is 0 Å². The fourth-order valence-corrected chi connectivity index (χ4v) is 3.66. The molecule has 0 saturated carbocycles. The van der Waals surface area contributed by atoms with Gasteiger partial charge >= 0.3 is 6.09 Å². The zero-order chi connectivity index (χ0) is 18.7. The van der Waals surface area contributed by atoms with Crippen molar-refractivity contribution in [2.75, 3.05) is 6.54 Å². The molecule has 3 rings (SSSR count). The molecular formula is C22H28N2O2. The maximum atomic E-state index is 12.0. The average Bonchev–Trinajstić information content (AvgIpc) is 2.75. The molecule has 2 aromatic rings. The van der Waals surface area contributed by atoms with Gasteiger partial charge in [0.2, 0.25) is 0 Å². The van der Waals surface area contributed by atoms with Crippen LogP contribution in [-0.2, 0) is 17.6 Å². The molecule has 4 nitrogen and oxygen atoms in total. The van der Waals surface area contributed by atoms with Crippen molar-refractivity contribution in [3.05, 3.63) is 70.8 Å². The van der Waals surface area contributed by atoms with Crippen LogP contribution in [0.5, 0.6) is 0 Å². The van der Waals surface area contributed by atoms with Gasteiger partial charge in [0.1, 0.15) is 5.60 Å². The second-order valence-corrected chi connectivity index (χ2v) is 7.92. The summed E-state index contributed by atoms with van der Waals surface area (Å²) >= 11 is 0. The molecule has 1 aliphatic carbocycles. The highest BCUT2D eigenvalue weighted by Gasteiger charge is 2.29. The molecule has 3 N–H and O–H groups in total. The van der Waals surface area contributed by atoms with Gasteiger partial charge in [-0.1, -0.05) is 48.5 Å². The number of nitrogens with two attached hydrogens (primary N) is 1. The summed E-state index contributed by atoms with van der Waals surface area (Å²) in [5.74, 6) is 0.0554. The fraction of sp³-hybridized carbons (Fsp3) is 0.409. The summed E-state index contributed by atoms with van der Waals surface area (Å²) in [7, 11) is 0. The maximum Gasteiger partial charge on any atom is 0.407 e. The number of aryl methyl sites for hydroxylation is 2. The van der Waals surface area contributed by atoms with Gasteiger partial charge in [0.05, 0.1) is 0 Å². The first-order chi connectivity index (χ1) is 12.3. The molecule has 0 radical (unpaired) electrons. The number of benzene rings is 2. The second-order valence-electron chi connectivity index (χ2n) is 7.92. The predicted octanol–water partition coefficient (Wildman–Crippen LogP) is 3.77. The molecule has 0 spiro atoms. The lowest BCUT2D eigenvalue weighted by Gasteiger charge is -2.27. The van der Waals surface area contributed by atoms with Gasteiger partial charge in [-0.05, 0) is 55.9 Å². The van der Waals surface area contributed by atoms with Gasteiger partial charge < -0.3 is 15.8 Å². The van der Waals surface area contributed by atoms with Crippen LogP contribution in [0.25, 0.3) is 0 Å². The molecule has 0 heterocycles. The molecule has 1 unspecified atom stereocenters. The minimum absolute atomic E-state index is 0.0554. The fourth-order valence-electron chi connectivity index (χ4n) is 3.66. The number of rotatable bonds is 3. The van der Waals surface area contributed by atoms with E-state index in [-0.39, 0.29) is 12.0 Å². The Hall–Kier alpha value is -2.33. The van der Waals surface area contributed by atoms with Gasteiger partial charge in [-0.2, -0.15) is 0 Å². The largest absolute Gasteiger partial charge is 0.444 e. The van der Waals surface area contributed by atoms with Gasteiger partial charge in [0.15, 0.2) is 0 Å². The Balaban J connectivity index is 1.85. The molecule has 1 aliphatic rings. The Morgan fingerprint density at radius 1 is 1.08 bits per heavy atom. The number of fused-ring (bicyclic) bond motifs is 2. The van der Waals surface area contributed by atoms with Gasteiger partial charge in [-0.15, -0.1) is 0 Å². The van der Waals surface area contributed by atoms with E-state index in [9.17, 15) is 4.79 Å². The minimum atomic E-state index is -0.518. The number of nitrogens with one attached hydrogen (secondary N) is 1. The molecule has 0 fully saturated rings. The highest BCUT2D eigenvalue weighted by atomic mass is 16.6. The highest BCUT2D eigenvalue weighted by molar-refractivity contribution is 5.67. The average molecular weight is 352 g/mol. The second kappa shape index (κ2) is 7.50. The van der Waals surface area contributed by atoms with E-state index in [1.165, 1.54) is 22.3 Å². The van der Waals surface area contributed by atoms with E-state index in [2.05, 4.69) is 53.8 Å². The third kappa shape index (κ3) is 4.25. The first-order valence-electron chi connectivity index (χ1n) is 9.23. The van der Waals surface area contributed by atoms with E-state index in [0.29, 0.717) is 6.54 Å². The Bertz CT molecular complexity index is 732. The summed E-state index contributed by atoms with van der Waals surface area (Å²) in [6.45, 7) is 5.92. The van der Waals surface area contributed by atoms with E-state index < -0.39 is 11.7 Å². The van der Waals surface area contributed by atoms with Crippen LogP contribution in [0.4, 0.5) is 4.79 Å². The van der Waals surface area contributed by atoms with Crippen molar-refractivity contribution in [3.63, 3.8) is 0 Å². The van der Waals surface area contributed by atoms with E-state index in [1.54, 1.807) is 0 Å². The van der Waals surface area contributed by atoms with E-state index in [1.807, 2.05) is 20.8 Å². The van der Waals surface area contributed by atoms with Crippen LogP contribution in [0.15, 0.2) is 48.5 Å². The molecule has 26 heavy (non-hydrogen) atoms. The number of alkyl carbamates (subject to hydrolysis) is 1. The lowest BCUT2D eigenvalue weighted by atomic mass is 9.83. The van der Waals surface area contributed by atoms with Gasteiger partial charge in [0.25, 0.3) is 0 Å². The standard InChI is InChI=1S/C22H28N2O2/c1-22(2,3)26-21(25)24-14-19(23)20-17-10-6-4-8-15(17)12-13-16-9-5-7-11-18(16)20/h4-11,19-20H,12-14,23H2,1-3H3,(H,24,25). The topological polar surface area (TPSA) is 64.3 Å². The van der Waals surface area contributed by atoms with Crippen LogP contribution in [0.1, 0.15) is 48.9 Å². The van der Waals surface area contributed by atoms with Crippen molar-refractivity contribution < 1.29 is 9.53 Å². The van der Waals surface area contributed by atoms with Gasteiger partial charge in [-0.3, -0.25) is 0 Å². The van der Waals surface area contributed by atoms with Crippen molar-refractivity contribution in [2.45, 2.75) is 51.2 Å². The molecule has 0 aliphatic heterocycles. The van der Waals surface area contributed by atoms with Crippen LogP contribution in [0.2, 0.25) is 0 Å². The maximum absolute atomic E-state index is 12.0. The molecule has 0 bridgehead atoms. The molecule has 0 aromatic heterocycles. The summed E-state index contributed by atoms with van der Waals surface area (Å²) in [5, 5.41) is 2.83. The van der Waals surface area contributed by atoms with Crippen LogP contribution in [0, 0.1) is 0 Å². The highest BCUT2D eigenvalue weighted by Crippen LogP contribution is 2.35. The van der Waals surface area contributed by atoms with Gasteiger partial charge in [-0.25, -0.2) is 4.79 Å². The third-order valence-electron chi connectivity index (χ3n) is 4.75. The molecule has 138 valence electrons. The minimum Gasteiger partial charge on any atom is -0.444 e. The van der Waals surface area contributed by atoms with Crippen LogP contribution in [-0.4, -0.2) is 24.3 Å². The quantitative estimate of drug-likeness (QED) is 0.884. The van der Waals surface area contributed by atoms with Crippen LogP contribution >= 0.6 is 0 Å².